The van der Waals surface area contributed by atoms with Crippen molar-refractivity contribution in [3.05, 3.63) is 63.6 Å². The quantitative estimate of drug-likeness (QED) is 0.835. The summed E-state index contributed by atoms with van der Waals surface area (Å²) in [6.07, 6.45) is 1.26. The first-order valence-corrected chi connectivity index (χ1v) is 9.04. The molecule has 1 saturated heterocycles. The minimum absolute atomic E-state index is 0.0245. The van der Waals surface area contributed by atoms with Crippen molar-refractivity contribution in [2.75, 3.05) is 13.1 Å². The van der Waals surface area contributed by atoms with Crippen molar-refractivity contribution >= 4 is 35.0 Å². The lowest BCUT2D eigenvalue weighted by Gasteiger charge is -2.32. The number of aromatic hydroxyl groups is 1. The molecule has 2 amide bonds. The van der Waals surface area contributed by atoms with Crippen LogP contribution in [-0.4, -0.2) is 41.0 Å². The summed E-state index contributed by atoms with van der Waals surface area (Å²) in [5.74, 6) is -0.503. The molecule has 1 aliphatic heterocycles. The number of nitrogens with zero attached hydrogens (tertiary/aromatic N) is 1. The molecule has 1 heterocycles. The standard InChI is InChI=1S/C19H18Cl2N2O3/c20-12-5-6-16(21)15(11-12)18(25)22-13-7-9-23(10-8-13)19(26)14-3-1-2-4-17(14)24/h1-6,11,13,24H,7-10H2,(H,22,25). The monoisotopic (exact) mass is 392 g/mol. The SMILES string of the molecule is O=C(NC1CCN(C(=O)c2ccccc2O)CC1)c1cc(Cl)ccc1Cl. The molecule has 26 heavy (non-hydrogen) atoms. The zero-order chi connectivity index (χ0) is 18.7. The summed E-state index contributed by atoms with van der Waals surface area (Å²) in [5, 5.41) is 13.6. The van der Waals surface area contributed by atoms with E-state index in [-0.39, 0.29) is 23.6 Å². The van der Waals surface area contributed by atoms with Crippen LogP contribution in [0.4, 0.5) is 0 Å². The van der Waals surface area contributed by atoms with Gasteiger partial charge in [0.15, 0.2) is 0 Å². The zero-order valence-corrected chi connectivity index (χ0v) is 15.4. The third-order valence-electron chi connectivity index (χ3n) is 4.42. The van der Waals surface area contributed by atoms with Crippen LogP contribution >= 0.6 is 23.2 Å². The maximum Gasteiger partial charge on any atom is 0.257 e. The lowest BCUT2D eigenvalue weighted by atomic mass is 10.0. The Hall–Kier alpha value is -2.24. The lowest BCUT2D eigenvalue weighted by Crippen LogP contribution is -2.46. The Morgan fingerprint density at radius 2 is 1.73 bits per heavy atom. The number of hydrogen-bond acceptors (Lipinski definition) is 3. The first kappa shape index (κ1) is 18.5. The van der Waals surface area contributed by atoms with Crippen molar-refractivity contribution in [1.82, 2.24) is 10.2 Å². The van der Waals surface area contributed by atoms with Crippen molar-refractivity contribution in [3.8, 4) is 5.75 Å². The smallest absolute Gasteiger partial charge is 0.257 e. The van der Waals surface area contributed by atoms with Crippen molar-refractivity contribution < 1.29 is 14.7 Å². The van der Waals surface area contributed by atoms with Gasteiger partial charge in [-0.1, -0.05) is 35.3 Å². The number of carbonyl (C=O) groups is 2. The lowest BCUT2D eigenvalue weighted by molar-refractivity contribution is 0.0695. The fourth-order valence-electron chi connectivity index (χ4n) is 2.99. The summed E-state index contributed by atoms with van der Waals surface area (Å²) in [6.45, 7) is 1.00. The molecule has 0 unspecified atom stereocenters. The predicted octanol–water partition coefficient (Wildman–Crippen LogP) is 3.73. The molecule has 0 spiro atoms. The zero-order valence-electron chi connectivity index (χ0n) is 13.9. The Balaban J connectivity index is 1.59. The molecule has 2 aromatic carbocycles. The van der Waals surface area contributed by atoms with Crippen LogP contribution < -0.4 is 5.32 Å². The Bertz CT molecular complexity index is 833. The second kappa shape index (κ2) is 7.98. The molecule has 0 atom stereocenters. The van der Waals surface area contributed by atoms with Crippen LogP contribution in [0.1, 0.15) is 33.6 Å². The van der Waals surface area contributed by atoms with E-state index in [9.17, 15) is 14.7 Å². The molecule has 7 heteroatoms. The highest BCUT2D eigenvalue weighted by Gasteiger charge is 2.26. The first-order chi connectivity index (χ1) is 12.5. The van der Waals surface area contributed by atoms with E-state index < -0.39 is 0 Å². The van der Waals surface area contributed by atoms with Gasteiger partial charge in [0.25, 0.3) is 11.8 Å². The molecule has 1 aliphatic rings. The number of nitrogens with one attached hydrogen (secondary N) is 1. The first-order valence-electron chi connectivity index (χ1n) is 8.29. The van der Waals surface area contributed by atoms with Crippen molar-refractivity contribution in [2.24, 2.45) is 0 Å². The van der Waals surface area contributed by atoms with Crippen molar-refractivity contribution in [3.63, 3.8) is 0 Å². The number of rotatable bonds is 3. The Morgan fingerprint density at radius 1 is 1.04 bits per heavy atom. The second-order valence-electron chi connectivity index (χ2n) is 6.18. The topological polar surface area (TPSA) is 69.6 Å². The van der Waals surface area contributed by atoms with E-state index in [1.54, 1.807) is 35.2 Å². The van der Waals surface area contributed by atoms with Crippen molar-refractivity contribution in [1.29, 1.82) is 0 Å². The van der Waals surface area contributed by atoms with E-state index >= 15 is 0 Å². The van der Waals surface area contributed by atoms with Crippen LogP contribution in [0.25, 0.3) is 0 Å². The second-order valence-corrected chi connectivity index (χ2v) is 7.02. The normalized spacial score (nSPS) is 14.9. The summed E-state index contributed by atoms with van der Waals surface area (Å²) < 4.78 is 0. The maximum absolute atomic E-state index is 12.5. The number of carbonyl (C=O) groups excluding carboxylic acids is 2. The Morgan fingerprint density at radius 3 is 2.42 bits per heavy atom. The third-order valence-corrected chi connectivity index (χ3v) is 4.99. The van der Waals surface area contributed by atoms with E-state index in [0.717, 1.165) is 0 Å². The maximum atomic E-state index is 12.5. The van der Waals surface area contributed by atoms with Gasteiger partial charge in [-0.25, -0.2) is 0 Å². The third kappa shape index (κ3) is 4.11. The number of hydrogen-bond donors (Lipinski definition) is 2. The van der Waals surface area contributed by atoms with Gasteiger partial charge in [-0.3, -0.25) is 9.59 Å². The van der Waals surface area contributed by atoms with Crippen LogP contribution in [0.5, 0.6) is 5.75 Å². The predicted molar refractivity (Wildman–Crippen MR) is 101 cm³/mol. The molecular weight excluding hydrogens is 375 g/mol. The number of phenols is 1. The minimum Gasteiger partial charge on any atom is -0.507 e. The fourth-order valence-corrected chi connectivity index (χ4v) is 3.36. The van der Waals surface area contributed by atoms with E-state index in [1.807, 2.05) is 0 Å². The highest BCUT2D eigenvalue weighted by Crippen LogP contribution is 2.23. The van der Waals surface area contributed by atoms with Gasteiger partial charge in [-0.05, 0) is 43.2 Å². The highest BCUT2D eigenvalue weighted by atomic mass is 35.5. The largest absolute Gasteiger partial charge is 0.507 e. The van der Waals surface area contributed by atoms with Gasteiger partial charge >= 0.3 is 0 Å². The highest BCUT2D eigenvalue weighted by molar-refractivity contribution is 6.35. The molecule has 5 nitrogen and oxygen atoms in total. The molecule has 0 aliphatic carbocycles. The number of para-hydroxylation sites is 1. The summed E-state index contributed by atoms with van der Waals surface area (Å²) in [6, 6.07) is 11.2. The van der Waals surface area contributed by atoms with E-state index in [1.165, 1.54) is 12.1 Å². The average molecular weight is 393 g/mol. The summed E-state index contributed by atoms with van der Waals surface area (Å²) in [7, 11) is 0. The van der Waals surface area contributed by atoms with Crippen molar-refractivity contribution in [2.45, 2.75) is 18.9 Å². The van der Waals surface area contributed by atoms with Gasteiger partial charge in [-0.2, -0.15) is 0 Å². The molecule has 2 N–H and O–H groups in total. The summed E-state index contributed by atoms with van der Waals surface area (Å²) >= 11 is 12.0. The summed E-state index contributed by atoms with van der Waals surface area (Å²) in [5.41, 5.74) is 0.632. The number of benzene rings is 2. The van der Waals surface area contributed by atoms with Crippen LogP contribution in [0.2, 0.25) is 10.0 Å². The number of likely N-dealkylation sites (tertiary alicyclic amines) is 1. The van der Waals surface area contributed by atoms with E-state index in [2.05, 4.69) is 5.32 Å². The van der Waals surface area contributed by atoms with Gasteiger partial charge < -0.3 is 15.3 Å². The summed E-state index contributed by atoms with van der Waals surface area (Å²) in [4.78, 5) is 26.6. The van der Waals surface area contributed by atoms with Crippen LogP contribution in [0, 0.1) is 0 Å². The molecule has 0 aromatic heterocycles. The van der Waals surface area contributed by atoms with Crippen LogP contribution in [0.15, 0.2) is 42.5 Å². The van der Waals surface area contributed by atoms with Gasteiger partial charge in [0, 0.05) is 24.2 Å². The Labute approximate surface area is 161 Å². The average Bonchev–Trinajstić information content (AvgIpc) is 2.64. The van der Waals surface area contributed by atoms with E-state index in [4.69, 9.17) is 23.2 Å². The Kier molecular flexibility index (Phi) is 5.69. The van der Waals surface area contributed by atoms with E-state index in [0.29, 0.717) is 47.1 Å². The van der Waals surface area contributed by atoms with Crippen LogP contribution in [-0.2, 0) is 0 Å². The molecular formula is C19H18Cl2N2O3. The number of amides is 2. The molecule has 3 rings (SSSR count). The van der Waals surface area contributed by atoms with Gasteiger partial charge in [0.1, 0.15) is 5.75 Å². The molecule has 136 valence electrons. The van der Waals surface area contributed by atoms with Gasteiger partial charge in [0.2, 0.25) is 0 Å². The van der Waals surface area contributed by atoms with Crippen LogP contribution in [0.3, 0.4) is 0 Å². The number of halogens is 2. The van der Waals surface area contributed by atoms with Gasteiger partial charge in [0.05, 0.1) is 16.1 Å². The molecule has 1 fully saturated rings. The number of piperidine rings is 1. The molecule has 0 radical (unpaired) electrons. The van der Waals surface area contributed by atoms with Gasteiger partial charge in [-0.15, -0.1) is 0 Å². The molecule has 0 bridgehead atoms. The molecule has 0 saturated carbocycles. The minimum atomic E-state index is -0.275. The fraction of sp³-hybridized carbons (Fsp3) is 0.263. The number of phenolic OH excluding ortho intramolecular Hbond substituents is 1. The molecule has 2 aromatic rings.